The minimum Gasteiger partial charge on any atom is -0.362 e. The Morgan fingerprint density at radius 3 is 2.83 bits per heavy atom. The Morgan fingerprint density at radius 2 is 2.13 bits per heavy atom. The average molecular weight is 330 g/mol. The van der Waals surface area contributed by atoms with Crippen molar-refractivity contribution in [1.82, 2.24) is 24.7 Å². The molecular formula is C15H16ClN7. The summed E-state index contributed by atoms with van der Waals surface area (Å²) >= 11 is 6.19. The number of nitrogens with zero attached hydrogens (tertiary/aromatic N) is 5. The summed E-state index contributed by atoms with van der Waals surface area (Å²) in [6.07, 6.45) is 8.64. The van der Waals surface area contributed by atoms with E-state index in [-0.39, 0.29) is 6.04 Å². The molecule has 0 aliphatic carbocycles. The number of pyridine rings is 1. The molecule has 0 bridgehead atoms. The van der Waals surface area contributed by atoms with E-state index in [2.05, 4.69) is 30.7 Å². The number of aryl methyl sites for hydroxylation is 1. The van der Waals surface area contributed by atoms with Crippen LogP contribution in [0.2, 0.25) is 5.02 Å². The van der Waals surface area contributed by atoms with Gasteiger partial charge in [-0.15, -0.1) is 0 Å². The van der Waals surface area contributed by atoms with Crippen LogP contribution in [0.15, 0.2) is 43.1 Å². The van der Waals surface area contributed by atoms with Gasteiger partial charge in [0.1, 0.15) is 5.02 Å². The molecule has 0 aliphatic heterocycles. The SMILES string of the molecule is CC(Nc1nc(Nc2cnn(C)c2)ncc1Cl)c1cccnc1. The van der Waals surface area contributed by atoms with Gasteiger partial charge in [-0.1, -0.05) is 17.7 Å². The van der Waals surface area contributed by atoms with E-state index < -0.39 is 0 Å². The van der Waals surface area contributed by atoms with Gasteiger partial charge in [-0.25, -0.2) is 4.98 Å². The van der Waals surface area contributed by atoms with E-state index in [0.717, 1.165) is 11.3 Å². The number of aromatic nitrogens is 5. The van der Waals surface area contributed by atoms with Crippen molar-refractivity contribution in [2.75, 3.05) is 10.6 Å². The number of rotatable bonds is 5. The quantitative estimate of drug-likeness (QED) is 0.748. The van der Waals surface area contributed by atoms with Crippen LogP contribution in [0.3, 0.4) is 0 Å². The first kappa shape index (κ1) is 15.2. The zero-order chi connectivity index (χ0) is 16.2. The highest BCUT2D eigenvalue weighted by Crippen LogP contribution is 2.25. The molecule has 0 saturated heterocycles. The van der Waals surface area contributed by atoms with Crippen molar-refractivity contribution in [1.29, 1.82) is 0 Å². The van der Waals surface area contributed by atoms with Crippen LogP contribution in [-0.2, 0) is 7.05 Å². The second-order valence-electron chi connectivity index (χ2n) is 5.07. The van der Waals surface area contributed by atoms with Crippen LogP contribution < -0.4 is 10.6 Å². The van der Waals surface area contributed by atoms with Gasteiger partial charge in [-0.05, 0) is 18.6 Å². The molecule has 3 rings (SSSR count). The summed E-state index contributed by atoms with van der Waals surface area (Å²) in [5.41, 5.74) is 1.85. The Hall–Kier alpha value is -2.67. The molecule has 118 valence electrons. The van der Waals surface area contributed by atoms with E-state index in [1.165, 1.54) is 0 Å². The molecule has 7 nitrogen and oxygen atoms in total. The Balaban J connectivity index is 1.77. The van der Waals surface area contributed by atoms with E-state index in [1.54, 1.807) is 23.3 Å². The van der Waals surface area contributed by atoms with Gasteiger partial charge in [-0.3, -0.25) is 9.67 Å². The Kier molecular flexibility index (Phi) is 4.38. The van der Waals surface area contributed by atoms with Gasteiger partial charge in [0.15, 0.2) is 5.82 Å². The topological polar surface area (TPSA) is 80.5 Å². The van der Waals surface area contributed by atoms with Gasteiger partial charge >= 0.3 is 0 Å². The summed E-state index contributed by atoms with van der Waals surface area (Å²) in [6, 6.07) is 3.90. The molecule has 0 saturated carbocycles. The van der Waals surface area contributed by atoms with Crippen molar-refractivity contribution in [2.24, 2.45) is 7.05 Å². The average Bonchev–Trinajstić information content (AvgIpc) is 2.96. The number of halogens is 1. The third kappa shape index (κ3) is 3.75. The largest absolute Gasteiger partial charge is 0.362 e. The summed E-state index contributed by atoms with van der Waals surface area (Å²) < 4.78 is 1.70. The van der Waals surface area contributed by atoms with Crippen molar-refractivity contribution >= 4 is 29.1 Å². The monoisotopic (exact) mass is 329 g/mol. The third-order valence-electron chi connectivity index (χ3n) is 3.24. The van der Waals surface area contributed by atoms with Crippen LogP contribution in [0.1, 0.15) is 18.5 Å². The molecule has 0 spiro atoms. The van der Waals surface area contributed by atoms with Gasteiger partial charge in [0, 0.05) is 25.6 Å². The molecule has 0 aromatic carbocycles. The number of hydrogen-bond donors (Lipinski definition) is 2. The highest BCUT2D eigenvalue weighted by Gasteiger charge is 2.11. The third-order valence-corrected chi connectivity index (χ3v) is 3.52. The molecule has 3 heterocycles. The maximum Gasteiger partial charge on any atom is 0.229 e. The lowest BCUT2D eigenvalue weighted by molar-refractivity contribution is 0.768. The van der Waals surface area contributed by atoms with Gasteiger partial charge in [-0.2, -0.15) is 10.1 Å². The molecule has 2 N–H and O–H groups in total. The molecule has 0 radical (unpaired) electrons. The van der Waals surface area contributed by atoms with E-state index >= 15 is 0 Å². The normalized spacial score (nSPS) is 12.0. The lowest BCUT2D eigenvalue weighted by Gasteiger charge is -2.16. The van der Waals surface area contributed by atoms with Gasteiger partial charge < -0.3 is 10.6 Å². The Labute approximate surface area is 138 Å². The molecular weight excluding hydrogens is 314 g/mol. The summed E-state index contributed by atoms with van der Waals surface area (Å²) in [7, 11) is 1.84. The first-order chi connectivity index (χ1) is 11.1. The molecule has 1 unspecified atom stereocenters. The second kappa shape index (κ2) is 6.62. The van der Waals surface area contributed by atoms with Crippen LogP contribution >= 0.6 is 11.6 Å². The van der Waals surface area contributed by atoms with Crippen LogP contribution in [0.25, 0.3) is 0 Å². The molecule has 3 aromatic heterocycles. The van der Waals surface area contributed by atoms with Crippen LogP contribution in [0, 0.1) is 0 Å². The summed E-state index contributed by atoms with van der Waals surface area (Å²) in [5.74, 6) is 1.01. The fourth-order valence-electron chi connectivity index (χ4n) is 2.06. The summed E-state index contributed by atoms with van der Waals surface area (Å²) in [4.78, 5) is 12.7. The second-order valence-corrected chi connectivity index (χ2v) is 5.48. The highest BCUT2D eigenvalue weighted by atomic mass is 35.5. The standard InChI is InChI=1S/C15H16ClN7/c1-10(11-4-3-5-17-6-11)20-14-13(16)8-18-15(22-14)21-12-7-19-23(2)9-12/h3-10H,1-2H3,(H2,18,20,21,22). The summed E-state index contributed by atoms with van der Waals surface area (Å²) in [6.45, 7) is 2.02. The smallest absolute Gasteiger partial charge is 0.229 e. The van der Waals surface area contributed by atoms with Crippen molar-refractivity contribution in [2.45, 2.75) is 13.0 Å². The molecule has 0 fully saturated rings. The van der Waals surface area contributed by atoms with E-state index in [4.69, 9.17) is 11.6 Å². The zero-order valence-corrected chi connectivity index (χ0v) is 13.5. The van der Waals surface area contributed by atoms with Crippen LogP contribution in [0.4, 0.5) is 17.5 Å². The van der Waals surface area contributed by atoms with Crippen molar-refractivity contribution in [3.63, 3.8) is 0 Å². The number of hydrogen-bond acceptors (Lipinski definition) is 6. The van der Waals surface area contributed by atoms with Crippen molar-refractivity contribution < 1.29 is 0 Å². The lowest BCUT2D eigenvalue weighted by atomic mass is 10.1. The minimum atomic E-state index is 0.0161. The minimum absolute atomic E-state index is 0.0161. The molecule has 3 aromatic rings. The van der Waals surface area contributed by atoms with E-state index in [9.17, 15) is 0 Å². The van der Waals surface area contributed by atoms with Crippen LogP contribution in [-0.4, -0.2) is 24.7 Å². The van der Waals surface area contributed by atoms with Crippen molar-refractivity contribution in [3.8, 4) is 0 Å². The Morgan fingerprint density at radius 1 is 1.26 bits per heavy atom. The molecule has 0 aliphatic rings. The first-order valence-corrected chi connectivity index (χ1v) is 7.44. The van der Waals surface area contributed by atoms with Gasteiger partial charge in [0.05, 0.1) is 24.1 Å². The Bertz CT molecular complexity index is 788. The van der Waals surface area contributed by atoms with E-state index in [0.29, 0.717) is 16.8 Å². The maximum absolute atomic E-state index is 6.19. The molecule has 0 amide bonds. The predicted molar refractivity (Wildman–Crippen MR) is 89.8 cm³/mol. The molecule has 1 atom stereocenters. The zero-order valence-electron chi connectivity index (χ0n) is 12.7. The number of anilines is 3. The van der Waals surface area contributed by atoms with Crippen LogP contribution in [0.5, 0.6) is 0 Å². The predicted octanol–water partition coefficient (Wildman–Crippen LogP) is 3.18. The molecule has 8 heteroatoms. The highest BCUT2D eigenvalue weighted by molar-refractivity contribution is 6.32. The first-order valence-electron chi connectivity index (χ1n) is 7.06. The number of nitrogens with one attached hydrogen (secondary N) is 2. The fraction of sp³-hybridized carbons (Fsp3) is 0.200. The maximum atomic E-state index is 6.19. The lowest BCUT2D eigenvalue weighted by Crippen LogP contribution is -2.10. The van der Waals surface area contributed by atoms with E-state index in [1.807, 2.05) is 38.5 Å². The fourth-order valence-corrected chi connectivity index (χ4v) is 2.21. The van der Waals surface area contributed by atoms with Gasteiger partial charge in [0.25, 0.3) is 0 Å². The summed E-state index contributed by atoms with van der Waals surface area (Å²) in [5, 5.41) is 10.9. The van der Waals surface area contributed by atoms with Crippen molar-refractivity contribution in [3.05, 3.63) is 53.7 Å². The van der Waals surface area contributed by atoms with Gasteiger partial charge in [0.2, 0.25) is 5.95 Å². The molecule has 23 heavy (non-hydrogen) atoms.